The Labute approximate surface area is 168 Å². The number of nitrogens with one attached hydrogen (secondary N) is 1. The van der Waals surface area contributed by atoms with E-state index in [0.717, 1.165) is 16.9 Å². The third kappa shape index (κ3) is 4.15. The number of rotatable bonds is 3. The molecule has 2 aromatic carbocycles. The lowest BCUT2D eigenvalue weighted by Crippen LogP contribution is -2.41. The Balaban J connectivity index is 1.56. The van der Waals surface area contributed by atoms with Crippen LogP contribution in [0.3, 0.4) is 0 Å². The van der Waals surface area contributed by atoms with Crippen molar-refractivity contribution in [3.8, 4) is 5.75 Å². The summed E-state index contributed by atoms with van der Waals surface area (Å²) in [6, 6.07) is 20.4. The van der Waals surface area contributed by atoms with Gasteiger partial charge in [-0.1, -0.05) is 48.0 Å². The summed E-state index contributed by atoms with van der Waals surface area (Å²) in [5.74, 6) is 1.11. The van der Waals surface area contributed by atoms with E-state index in [0.29, 0.717) is 29.7 Å². The van der Waals surface area contributed by atoms with Gasteiger partial charge in [-0.15, -0.1) is 0 Å². The molecule has 2 heterocycles. The molecular weight excluding hydrogens is 374 g/mol. The third-order valence-corrected chi connectivity index (χ3v) is 4.53. The molecule has 0 saturated heterocycles. The summed E-state index contributed by atoms with van der Waals surface area (Å²) in [5.41, 5.74) is 2.48. The molecule has 1 aromatic heterocycles. The van der Waals surface area contributed by atoms with Crippen molar-refractivity contribution in [3.63, 3.8) is 0 Å². The van der Waals surface area contributed by atoms with E-state index >= 15 is 0 Å². The number of benzene rings is 2. The van der Waals surface area contributed by atoms with Gasteiger partial charge in [-0.2, -0.15) is 0 Å². The lowest BCUT2D eigenvalue weighted by Gasteiger charge is -2.28. The molecule has 0 bridgehead atoms. The smallest absolute Gasteiger partial charge is 0.327 e. The van der Waals surface area contributed by atoms with E-state index in [4.69, 9.17) is 16.3 Å². The first kappa shape index (κ1) is 18.1. The van der Waals surface area contributed by atoms with Crippen LogP contribution in [0.5, 0.6) is 5.75 Å². The molecule has 0 aliphatic carbocycles. The van der Waals surface area contributed by atoms with Gasteiger partial charge in [0.15, 0.2) is 11.6 Å². The highest BCUT2D eigenvalue weighted by Gasteiger charge is 2.25. The second-order valence-corrected chi connectivity index (χ2v) is 6.68. The monoisotopic (exact) mass is 391 g/mol. The summed E-state index contributed by atoms with van der Waals surface area (Å²) in [7, 11) is 0. The number of carbonyl (C=O) groups excluding carboxylic acids is 1. The van der Waals surface area contributed by atoms with Gasteiger partial charge in [0, 0.05) is 10.7 Å². The second kappa shape index (κ2) is 8.15. The number of aromatic nitrogens is 1. The van der Waals surface area contributed by atoms with Gasteiger partial charge in [-0.3, -0.25) is 4.90 Å². The normalized spacial score (nSPS) is 13.1. The van der Waals surface area contributed by atoms with Gasteiger partial charge < -0.3 is 10.1 Å². The fourth-order valence-electron chi connectivity index (χ4n) is 2.87. The van der Waals surface area contributed by atoms with E-state index in [9.17, 15) is 4.79 Å². The standard InChI is InChI=1S/C22H18ClN3O2/c23-17-9-6-16(7-10-17)8-11-19-12-13-20-21(24-19)26(14-15-28-20)22(27)25-18-4-2-1-3-5-18/h1-13H,14-15H2,(H,25,27). The molecule has 1 aliphatic rings. The minimum Gasteiger partial charge on any atom is -0.488 e. The molecule has 6 heteroatoms. The van der Waals surface area contributed by atoms with Crippen molar-refractivity contribution in [2.24, 2.45) is 0 Å². The molecule has 3 aromatic rings. The number of hydrogen-bond donors (Lipinski definition) is 1. The molecule has 140 valence electrons. The number of amides is 2. The minimum atomic E-state index is -0.234. The second-order valence-electron chi connectivity index (χ2n) is 6.24. The van der Waals surface area contributed by atoms with Gasteiger partial charge in [0.2, 0.25) is 0 Å². The molecule has 1 N–H and O–H groups in total. The van der Waals surface area contributed by atoms with E-state index < -0.39 is 0 Å². The molecule has 5 nitrogen and oxygen atoms in total. The average Bonchev–Trinajstić information content (AvgIpc) is 2.73. The number of pyridine rings is 1. The van der Waals surface area contributed by atoms with Crippen LogP contribution in [0.15, 0.2) is 66.7 Å². The summed E-state index contributed by atoms with van der Waals surface area (Å²) < 4.78 is 5.66. The maximum atomic E-state index is 12.7. The number of urea groups is 1. The van der Waals surface area contributed by atoms with Crippen LogP contribution in [0, 0.1) is 0 Å². The molecular formula is C22H18ClN3O2. The van der Waals surface area contributed by atoms with Crippen LogP contribution < -0.4 is 15.0 Å². The zero-order valence-corrected chi connectivity index (χ0v) is 15.8. The molecule has 4 rings (SSSR count). The number of ether oxygens (including phenoxy) is 1. The predicted octanol–water partition coefficient (Wildman–Crippen LogP) is 5.34. The van der Waals surface area contributed by atoms with Gasteiger partial charge in [-0.05, 0) is 48.0 Å². The SMILES string of the molecule is O=C(Nc1ccccc1)N1CCOc2ccc(C=Cc3ccc(Cl)cc3)nc21. The molecule has 0 unspecified atom stereocenters. The number of halogens is 1. The van der Waals surface area contributed by atoms with Crippen molar-refractivity contribution >= 4 is 41.3 Å². The molecule has 0 fully saturated rings. The van der Waals surface area contributed by atoms with Crippen molar-refractivity contribution in [1.29, 1.82) is 0 Å². The first-order valence-corrected chi connectivity index (χ1v) is 9.28. The number of hydrogen-bond acceptors (Lipinski definition) is 3. The Kier molecular flexibility index (Phi) is 5.26. The topological polar surface area (TPSA) is 54.5 Å². The summed E-state index contributed by atoms with van der Waals surface area (Å²) >= 11 is 5.92. The molecule has 28 heavy (non-hydrogen) atoms. The average molecular weight is 392 g/mol. The van der Waals surface area contributed by atoms with Crippen LogP contribution in [-0.4, -0.2) is 24.2 Å². The molecule has 0 spiro atoms. The van der Waals surface area contributed by atoms with E-state index in [2.05, 4.69) is 10.3 Å². The number of anilines is 2. The van der Waals surface area contributed by atoms with E-state index in [1.54, 1.807) is 4.90 Å². The third-order valence-electron chi connectivity index (χ3n) is 4.28. The van der Waals surface area contributed by atoms with E-state index in [-0.39, 0.29) is 6.03 Å². The lowest BCUT2D eigenvalue weighted by molar-refractivity contribution is 0.249. The lowest BCUT2D eigenvalue weighted by atomic mass is 10.2. The maximum absolute atomic E-state index is 12.7. The van der Waals surface area contributed by atoms with Crippen LogP contribution in [0.25, 0.3) is 12.2 Å². The fraction of sp³-hybridized carbons (Fsp3) is 0.0909. The van der Waals surface area contributed by atoms with Crippen LogP contribution in [0.4, 0.5) is 16.3 Å². The Morgan fingerprint density at radius 3 is 2.61 bits per heavy atom. The maximum Gasteiger partial charge on any atom is 0.327 e. The summed E-state index contributed by atoms with van der Waals surface area (Å²) in [6.45, 7) is 0.861. The van der Waals surface area contributed by atoms with E-state index in [1.165, 1.54) is 0 Å². The van der Waals surface area contributed by atoms with Crippen molar-refractivity contribution in [3.05, 3.63) is 83.0 Å². The molecule has 0 saturated carbocycles. The molecule has 0 atom stereocenters. The predicted molar refractivity (Wildman–Crippen MR) is 113 cm³/mol. The number of fused-ring (bicyclic) bond motifs is 1. The van der Waals surface area contributed by atoms with Crippen LogP contribution in [-0.2, 0) is 0 Å². The number of carbonyl (C=O) groups is 1. The van der Waals surface area contributed by atoms with Crippen molar-refractivity contribution in [2.45, 2.75) is 0 Å². The fourth-order valence-corrected chi connectivity index (χ4v) is 2.99. The largest absolute Gasteiger partial charge is 0.488 e. The van der Waals surface area contributed by atoms with Crippen molar-refractivity contribution in [1.82, 2.24) is 4.98 Å². The van der Waals surface area contributed by atoms with Crippen LogP contribution in [0.1, 0.15) is 11.3 Å². The zero-order chi connectivity index (χ0) is 19.3. The Morgan fingerprint density at radius 1 is 1.04 bits per heavy atom. The van der Waals surface area contributed by atoms with Gasteiger partial charge in [0.1, 0.15) is 6.61 Å². The first-order valence-electron chi connectivity index (χ1n) is 8.90. The minimum absolute atomic E-state index is 0.234. The Bertz CT molecular complexity index is 1000. The highest BCUT2D eigenvalue weighted by molar-refractivity contribution is 6.30. The van der Waals surface area contributed by atoms with Crippen LogP contribution >= 0.6 is 11.6 Å². The highest BCUT2D eigenvalue weighted by atomic mass is 35.5. The molecule has 2 amide bonds. The van der Waals surface area contributed by atoms with Gasteiger partial charge in [0.05, 0.1) is 12.2 Å². The summed E-state index contributed by atoms with van der Waals surface area (Å²) in [4.78, 5) is 19.0. The van der Waals surface area contributed by atoms with E-state index in [1.807, 2.05) is 78.9 Å². The van der Waals surface area contributed by atoms with Gasteiger partial charge >= 0.3 is 6.03 Å². The zero-order valence-electron chi connectivity index (χ0n) is 15.0. The number of nitrogens with zero attached hydrogens (tertiary/aromatic N) is 2. The Hall–Kier alpha value is -3.31. The summed E-state index contributed by atoms with van der Waals surface area (Å²) in [5, 5.41) is 3.59. The van der Waals surface area contributed by atoms with Crippen molar-refractivity contribution in [2.75, 3.05) is 23.4 Å². The summed E-state index contributed by atoms with van der Waals surface area (Å²) in [6.07, 6.45) is 3.84. The van der Waals surface area contributed by atoms with Crippen molar-refractivity contribution < 1.29 is 9.53 Å². The molecule has 1 aliphatic heterocycles. The quantitative estimate of drug-likeness (QED) is 0.656. The van der Waals surface area contributed by atoms with Gasteiger partial charge in [-0.25, -0.2) is 9.78 Å². The van der Waals surface area contributed by atoms with Gasteiger partial charge in [0.25, 0.3) is 0 Å². The first-order chi connectivity index (χ1) is 13.7. The van der Waals surface area contributed by atoms with Crippen LogP contribution in [0.2, 0.25) is 5.02 Å². The highest BCUT2D eigenvalue weighted by Crippen LogP contribution is 2.30. The number of para-hydroxylation sites is 1. The Morgan fingerprint density at radius 2 is 1.82 bits per heavy atom. The molecule has 0 radical (unpaired) electrons.